The monoisotopic (exact) mass is 561 g/mol. The number of ether oxygens (including phenoxy) is 6. The topological polar surface area (TPSA) is 102 Å². The van der Waals surface area contributed by atoms with Crippen LogP contribution in [0.4, 0.5) is 0 Å². The molecule has 6 atom stereocenters. The minimum Gasteiger partial charge on any atom is -0.461 e. The Morgan fingerprint density at radius 2 is 1.46 bits per heavy atom. The van der Waals surface area contributed by atoms with Gasteiger partial charge in [-0.25, -0.2) is 0 Å². The van der Waals surface area contributed by atoms with E-state index >= 15 is 0 Å². The van der Waals surface area contributed by atoms with Crippen LogP contribution in [0.1, 0.15) is 36.3 Å². The molecule has 2 aliphatic heterocycles. The zero-order valence-electron chi connectivity index (χ0n) is 22.9. The largest absolute Gasteiger partial charge is 0.461 e. The van der Waals surface area contributed by atoms with Gasteiger partial charge in [-0.3, -0.25) is 9.59 Å². The van der Waals surface area contributed by atoms with Crippen molar-refractivity contribution >= 4 is 11.9 Å². The molecule has 2 aliphatic rings. The summed E-state index contributed by atoms with van der Waals surface area (Å²) in [5, 5.41) is 2.94. The lowest BCUT2D eigenvalue weighted by Gasteiger charge is -2.49. The van der Waals surface area contributed by atoms with Crippen molar-refractivity contribution in [1.29, 1.82) is 0 Å². The normalized spacial score (nSPS) is 25.6. The molecule has 216 valence electrons. The summed E-state index contributed by atoms with van der Waals surface area (Å²) in [4.78, 5) is 24.8. The van der Waals surface area contributed by atoms with Gasteiger partial charge >= 0.3 is 5.97 Å². The van der Waals surface area contributed by atoms with E-state index in [-0.39, 0.29) is 44.7 Å². The van der Waals surface area contributed by atoms with E-state index < -0.39 is 36.9 Å². The average Bonchev–Trinajstić information content (AvgIpc) is 3.01. The fourth-order valence-corrected chi connectivity index (χ4v) is 4.92. The Labute approximate surface area is 239 Å². The summed E-state index contributed by atoms with van der Waals surface area (Å²) < 4.78 is 36.6. The molecule has 2 fully saturated rings. The third-order valence-corrected chi connectivity index (χ3v) is 6.90. The predicted molar refractivity (Wildman–Crippen MR) is 148 cm³/mol. The molecular formula is C32H35NO8. The van der Waals surface area contributed by atoms with Gasteiger partial charge in [0.2, 0.25) is 5.91 Å². The van der Waals surface area contributed by atoms with Crippen LogP contribution in [0.15, 0.2) is 91.0 Å². The van der Waals surface area contributed by atoms with Crippen LogP contribution in [0.5, 0.6) is 0 Å². The number of rotatable bonds is 11. The van der Waals surface area contributed by atoms with Gasteiger partial charge in [0.25, 0.3) is 0 Å². The van der Waals surface area contributed by atoms with Crippen LogP contribution in [0.3, 0.4) is 0 Å². The molecular weight excluding hydrogens is 526 g/mol. The number of benzene rings is 3. The van der Waals surface area contributed by atoms with Gasteiger partial charge < -0.3 is 33.7 Å². The lowest BCUT2D eigenvalue weighted by molar-refractivity contribution is -0.349. The fourth-order valence-electron chi connectivity index (χ4n) is 4.92. The van der Waals surface area contributed by atoms with E-state index in [1.54, 1.807) is 0 Å². The van der Waals surface area contributed by atoms with Crippen molar-refractivity contribution in [3.8, 4) is 0 Å². The van der Waals surface area contributed by atoms with Gasteiger partial charge in [-0.1, -0.05) is 91.0 Å². The number of hydrogen-bond donors (Lipinski definition) is 1. The third kappa shape index (κ3) is 8.00. The molecule has 0 unspecified atom stereocenters. The number of hydrogen-bond acceptors (Lipinski definition) is 8. The minimum atomic E-state index is -0.837. The second kappa shape index (κ2) is 14.3. The zero-order chi connectivity index (χ0) is 28.4. The second-order valence-corrected chi connectivity index (χ2v) is 9.97. The summed E-state index contributed by atoms with van der Waals surface area (Å²) >= 11 is 0. The molecule has 1 amide bonds. The molecule has 0 aromatic heterocycles. The summed E-state index contributed by atoms with van der Waals surface area (Å²) in [5.74, 6) is -0.659. The van der Waals surface area contributed by atoms with E-state index in [1.165, 1.54) is 6.92 Å². The van der Waals surface area contributed by atoms with Crippen LogP contribution in [-0.4, -0.2) is 55.7 Å². The highest BCUT2D eigenvalue weighted by atomic mass is 16.7. The van der Waals surface area contributed by atoms with Gasteiger partial charge in [0.15, 0.2) is 12.6 Å². The highest BCUT2D eigenvalue weighted by Crippen LogP contribution is 2.36. The molecule has 1 N–H and O–H groups in total. The minimum absolute atomic E-state index is 0.0303. The summed E-state index contributed by atoms with van der Waals surface area (Å²) in [6, 6.07) is 28.0. The van der Waals surface area contributed by atoms with Gasteiger partial charge in [0.05, 0.1) is 26.2 Å². The first-order valence-electron chi connectivity index (χ1n) is 13.8. The Hall–Kier alpha value is -3.60. The summed E-state index contributed by atoms with van der Waals surface area (Å²) in [7, 11) is 0. The van der Waals surface area contributed by atoms with Crippen LogP contribution in [0.25, 0.3) is 0 Å². The van der Waals surface area contributed by atoms with Gasteiger partial charge in [-0.15, -0.1) is 0 Å². The average molecular weight is 562 g/mol. The number of nitrogens with one attached hydrogen (secondary N) is 1. The molecule has 3 aromatic carbocycles. The van der Waals surface area contributed by atoms with Gasteiger partial charge in [-0.05, 0) is 11.1 Å². The van der Waals surface area contributed by atoms with Crippen LogP contribution in [0, 0.1) is 0 Å². The van der Waals surface area contributed by atoms with Crippen LogP contribution in [-0.2, 0) is 51.2 Å². The molecule has 3 aromatic rings. The first-order chi connectivity index (χ1) is 20.1. The van der Waals surface area contributed by atoms with Crippen LogP contribution >= 0.6 is 0 Å². The van der Waals surface area contributed by atoms with E-state index in [2.05, 4.69) is 5.32 Å². The number of amides is 1. The maximum absolute atomic E-state index is 12.5. The highest BCUT2D eigenvalue weighted by molar-refractivity contribution is 5.73. The number of esters is 1. The molecule has 0 aliphatic carbocycles. The molecule has 0 saturated carbocycles. The molecule has 2 heterocycles. The van der Waals surface area contributed by atoms with Crippen molar-refractivity contribution in [3.05, 3.63) is 108 Å². The number of fused-ring (bicyclic) bond motifs is 1. The van der Waals surface area contributed by atoms with E-state index in [0.29, 0.717) is 0 Å². The Kier molecular flexibility index (Phi) is 10.1. The zero-order valence-corrected chi connectivity index (χ0v) is 22.9. The van der Waals surface area contributed by atoms with Crippen molar-refractivity contribution in [2.24, 2.45) is 0 Å². The van der Waals surface area contributed by atoms with E-state index in [1.807, 2.05) is 91.0 Å². The first kappa shape index (κ1) is 28.9. The van der Waals surface area contributed by atoms with E-state index in [4.69, 9.17) is 28.4 Å². The van der Waals surface area contributed by atoms with Gasteiger partial charge in [0.1, 0.15) is 31.0 Å². The quantitative estimate of drug-likeness (QED) is 0.350. The van der Waals surface area contributed by atoms with Crippen LogP contribution in [0.2, 0.25) is 0 Å². The molecule has 2 saturated heterocycles. The van der Waals surface area contributed by atoms with Crippen molar-refractivity contribution in [3.63, 3.8) is 0 Å². The fraction of sp³-hybridized carbons (Fsp3) is 0.375. The summed E-state index contributed by atoms with van der Waals surface area (Å²) in [6.07, 6.45) is -3.24. The molecule has 9 heteroatoms. The van der Waals surface area contributed by atoms with Gasteiger partial charge in [0, 0.05) is 12.5 Å². The molecule has 5 rings (SSSR count). The first-order valence-corrected chi connectivity index (χ1v) is 13.8. The van der Waals surface area contributed by atoms with E-state index in [0.717, 1.165) is 16.7 Å². The standard InChI is InChI=1S/C32H35NO8/c1-22(34)33-28-30(36-18-17-27(35)37-19-23-11-5-2-6-12-23)29-26(21-39-31(41-29)25-15-9-4-10-16-25)40-32(28)38-20-24-13-7-3-8-14-24/h2-16,26,28-32H,17-21H2,1H3,(H,33,34)/t26-,28-,29+,30+,31+,32+/m1/s1. The lowest BCUT2D eigenvalue weighted by atomic mass is 9.95. The Balaban J connectivity index is 1.29. The molecule has 41 heavy (non-hydrogen) atoms. The summed E-state index contributed by atoms with van der Waals surface area (Å²) in [6.45, 7) is 2.18. The Morgan fingerprint density at radius 3 is 2.12 bits per heavy atom. The summed E-state index contributed by atoms with van der Waals surface area (Å²) in [5.41, 5.74) is 2.71. The van der Waals surface area contributed by atoms with Crippen LogP contribution < -0.4 is 5.32 Å². The number of carbonyl (C=O) groups is 2. The lowest BCUT2D eigenvalue weighted by Crippen LogP contribution is -2.67. The smallest absolute Gasteiger partial charge is 0.308 e. The van der Waals surface area contributed by atoms with Gasteiger partial charge in [-0.2, -0.15) is 0 Å². The Bertz CT molecular complexity index is 1240. The van der Waals surface area contributed by atoms with E-state index in [9.17, 15) is 9.59 Å². The SMILES string of the molecule is CC(=O)N[C@H]1[C@@H](OCc2ccccc2)O[C@@H]2CO[C@H](c3ccccc3)O[C@@H]2[C@H]1OCCC(=O)OCc1ccccc1. The third-order valence-electron chi connectivity index (χ3n) is 6.90. The number of carbonyl (C=O) groups excluding carboxylic acids is 2. The van der Waals surface area contributed by atoms with Crippen molar-refractivity contribution in [1.82, 2.24) is 5.32 Å². The Morgan fingerprint density at radius 1 is 0.829 bits per heavy atom. The second-order valence-electron chi connectivity index (χ2n) is 9.97. The molecule has 0 radical (unpaired) electrons. The maximum Gasteiger partial charge on any atom is 0.308 e. The molecule has 9 nitrogen and oxygen atoms in total. The van der Waals surface area contributed by atoms with Crippen molar-refractivity contribution in [2.75, 3.05) is 13.2 Å². The molecule has 0 spiro atoms. The highest BCUT2D eigenvalue weighted by Gasteiger charge is 2.51. The maximum atomic E-state index is 12.5. The predicted octanol–water partition coefficient (Wildman–Crippen LogP) is 4.07. The van der Waals surface area contributed by atoms with Crippen molar-refractivity contribution < 1.29 is 38.0 Å². The van der Waals surface area contributed by atoms with Crippen molar-refractivity contribution in [2.45, 2.75) is 63.5 Å². The molecule has 0 bridgehead atoms.